The lowest BCUT2D eigenvalue weighted by Crippen LogP contribution is -2.41. The highest BCUT2D eigenvalue weighted by Crippen LogP contribution is 2.14. The fourth-order valence-electron chi connectivity index (χ4n) is 1.93. The molecule has 6 heteroatoms. The Bertz CT molecular complexity index is 712. The number of aliphatic hydroxyl groups is 1. The molecule has 0 saturated heterocycles. The molecule has 18 heavy (non-hydrogen) atoms. The van der Waals surface area contributed by atoms with E-state index in [1.165, 1.54) is 29.7 Å². The van der Waals surface area contributed by atoms with Gasteiger partial charge in [0.25, 0.3) is 5.56 Å². The van der Waals surface area contributed by atoms with Crippen LogP contribution in [0.1, 0.15) is 6.92 Å². The van der Waals surface area contributed by atoms with E-state index in [1.807, 2.05) is 0 Å². The number of phenolic OH excluding ortho intramolecular Hbond substituents is 1. The van der Waals surface area contributed by atoms with Gasteiger partial charge in [0.1, 0.15) is 5.75 Å². The van der Waals surface area contributed by atoms with E-state index in [9.17, 15) is 19.8 Å². The molecule has 0 bridgehead atoms. The number of benzene rings is 1. The average Bonchev–Trinajstić information content (AvgIpc) is 2.31. The van der Waals surface area contributed by atoms with Gasteiger partial charge < -0.3 is 10.2 Å². The largest absolute Gasteiger partial charge is 0.508 e. The van der Waals surface area contributed by atoms with Crippen LogP contribution in [0, 0.1) is 0 Å². The lowest BCUT2D eigenvalue weighted by Gasteiger charge is -2.11. The van der Waals surface area contributed by atoms with Crippen LogP contribution in [0.3, 0.4) is 0 Å². The lowest BCUT2D eigenvalue weighted by atomic mass is 10.2. The molecule has 0 fully saturated rings. The van der Waals surface area contributed by atoms with Crippen LogP contribution in [-0.2, 0) is 13.6 Å². The first kappa shape index (κ1) is 12.4. The SMILES string of the molecule is CC(O)Cn1c(=O)c2cc(O)ccc2n(C)c1=O. The monoisotopic (exact) mass is 250 g/mol. The molecule has 1 unspecified atom stereocenters. The molecule has 0 saturated carbocycles. The molecule has 0 spiro atoms. The molecule has 6 nitrogen and oxygen atoms in total. The average molecular weight is 250 g/mol. The molecule has 1 aromatic carbocycles. The molecule has 0 aliphatic carbocycles. The Balaban J connectivity index is 2.89. The normalized spacial score (nSPS) is 12.8. The number of aryl methyl sites for hydroxylation is 1. The second-order valence-electron chi connectivity index (χ2n) is 4.31. The molecule has 0 amide bonds. The van der Waals surface area contributed by atoms with Crippen LogP contribution in [0.15, 0.2) is 27.8 Å². The Morgan fingerprint density at radius 3 is 2.61 bits per heavy atom. The van der Waals surface area contributed by atoms with E-state index in [4.69, 9.17) is 0 Å². The zero-order valence-electron chi connectivity index (χ0n) is 10.1. The molecule has 2 N–H and O–H groups in total. The molecular weight excluding hydrogens is 236 g/mol. The highest BCUT2D eigenvalue weighted by Gasteiger charge is 2.12. The molecular formula is C12H14N2O4. The van der Waals surface area contributed by atoms with Crippen molar-refractivity contribution < 1.29 is 10.2 Å². The fraction of sp³-hybridized carbons (Fsp3) is 0.333. The van der Waals surface area contributed by atoms with Gasteiger partial charge in [-0.25, -0.2) is 4.79 Å². The molecule has 0 aliphatic heterocycles. The molecule has 1 atom stereocenters. The number of aromatic hydroxyl groups is 1. The smallest absolute Gasteiger partial charge is 0.331 e. The highest BCUT2D eigenvalue weighted by atomic mass is 16.3. The number of rotatable bonds is 2. The topological polar surface area (TPSA) is 84.5 Å². The molecule has 2 rings (SSSR count). The van der Waals surface area contributed by atoms with Gasteiger partial charge in [0.05, 0.1) is 23.6 Å². The van der Waals surface area contributed by atoms with Gasteiger partial charge in [-0.15, -0.1) is 0 Å². The van der Waals surface area contributed by atoms with Crippen LogP contribution >= 0.6 is 0 Å². The Hall–Kier alpha value is -2.08. The van der Waals surface area contributed by atoms with Gasteiger partial charge in [-0.1, -0.05) is 0 Å². The van der Waals surface area contributed by atoms with E-state index in [0.29, 0.717) is 5.52 Å². The number of hydrogen-bond acceptors (Lipinski definition) is 4. The van der Waals surface area contributed by atoms with Crippen molar-refractivity contribution in [2.45, 2.75) is 19.6 Å². The minimum atomic E-state index is -0.801. The fourth-order valence-corrected chi connectivity index (χ4v) is 1.93. The maximum Gasteiger partial charge on any atom is 0.331 e. The third-order valence-electron chi connectivity index (χ3n) is 2.78. The number of nitrogens with zero attached hydrogens (tertiary/aromatic N) is 2. The summed E-state index contributed by atoms with van der Waals surface area (Å²) >= 11 is 0. The Morgan fingerprint density at radius 2 is 2.00 bits per heavy atom. The predicted molar refractivity (Wildman–Crippen MR) is 66.8 cm³/mol. The van der Waals surface area contributed by atoms with Crippen LogP contribution in [0.25, 0.3) is 10.9 Å². The molecule has 0 aliphatic rings. The number of hydrogen-bond donors (Lipinski definition) is 2. The van der Waals surface area contributed by atoms with E-state index < -0.39 is 17.4 Å². The van der Waals surface area contributed by atoms with Gasteiger partial charge in [-0.2, -0.15) is 0 Å². The standard InChI is InChI=1S/C12H14N2O4/c1-7(15)6-14-11(17)9-5-8(16)3-4-10(9)13(2)12(14)18/h3-5,7,15-16H,6H2,1-2H3. The number of phenols is 1. The number of aliphatic hydroxyl groups excluding tert-OH is 1. The van der Waals surface area contributed by atoms with Crippen molar-refractivity contribution in [1.82, 2.24) is 9.13 Å². The summed E-state index contributed by atoms with van der Waals surface area (Å²) in [6.45, 7) is 1.43. The molecule has 1 heterocycles. The summed E-state index contributed by atoms with van der Waals surface area (Å²) in [5.74, 6) is -0.0400. The van der Waals surface area contributed by atoms with Crippen molar-refractivity contribution in [3.63, 3.8) is 0 Å². The Morgan fingerprint density at radius 1 is 1.33 bits per heavy atom. The predicted octanol–water partition coefficient (Wildman–Crippen LogP) is -0.213. The van der Waals surface area contributed by atoms with Crippen molar-refractivity contribution in [3.8, 4) is 5.75 Å². The minimum absolute atomic E-state index is 0.0400. The zero-order valence-corrected chi connectivity index (χ0v) is 10.1. The quantitative estimate of drug-likeness (QED) is 0.772. The van der Waals surface area contributed by atoms with Crippen molar-refractivity contribution in [1.29, 1.82) is 0 Å². The summed E-state index contributed by atoms with van der Waals surface area (Å²) in [5.41, 5.74) is -0.548. The maximum absolute atomic E-state index is 12.1. The first-order chi connectivity index (χ1) is 8.41. The summed E-state index contributed by atoms with van der Waals surface area (Å²) < 4.78 is 2.28. The van der Waals surface area contributed by atoms with Gasteiger partial charge in [0, 0.05) is 7.05 Å². The van der Waals surface area contributed by atoms with Gasteiger partial charge in [-0.3, -0.25) is 13.9 Å². The van der Waals surface area contributed by atoms with E-state index in [2.05, 4.69) is 0 Å². The van der Waals surface area contributed by atoms with Crippen LogP contribution in [-0.4, -0.2) is 25.5 Å². The summed E-state index contributed by atoms with van der Waals surface area (Å²) in [4.78, 5) is 24.1. The molecule has 2 aromatic rings. The van der Waals surface area contributed by atoms with Crippen molar-refractivity contribution in [3.05, 3.63) is 39.0 Å². The third kappa shape index (κ3) is 1.91. The van der Waals surface area contributed by atoms with Gasteiger partial charge in [0.15, 0.2) is 0 Å². The number of aromatic nitrogens is 2. The van der Waals surface area contributed by atoms with Crippen LogP contribution < -0.4 is 11.2 Å². The van der Waals surface area contributed by atoms with Gasteiger partial charge in [-0.05, 0) is 25.1 Å². The maximum atomic E-state index is 12.1. The van der Waals surface area contributed by atoms with E-state index >= 15 is 0 Å². The zero-order chi connectivity index (χ0) is 13.4. The summed E-state index contributed by atoms with van der Waals surface area (Å²) in [5, 5.41) is 19.0. The molecule has 0 radical (unpaired) electrons. The summed E-state index contributed by atoms with van der Waals surface area (Å²) in [7, 11) is 1.54. The van der Waals surface area contributed by atoms with E-state index in [-0.39, 0.29) is 17.7 Å². The van der Waals surface area contributed by atoms with Gasteiger partial charge in [0.2, 0.25) is 0 Å². The molecule has 96 valence electrons. The second kappa shape index (κ2) is 4.30. The lowest BCUT2D eigenvalue weighted by molar-refractivity contribution is 0.170. The first-order valence-electron chi connectivity index (χ1n) is 5.52. The van der Waals surface area contributed by atoms with Crippen LogP contribution in [0.4, 0.5) is 0 Å². The van der Waals surface area contributed by atoms with Crippen molar-refractivity contribution in [2.24, 2.45) is 7.05 Å². The first-order valence-corrected chi connectivity index (χ1v) is 5.52. The summed E-state index contributed by atoms with van der Waals surface area (Å²) in [6.07, 6.45) is -0.801. The Labute approximate surface area is 102 Å². The van der Waals surface area contributed by atoms with Crippen molar-refractivity contribution in [2.75, 3.05) is 0 Å². The van der Waals surface area contributed by atoms with Gasteiger partial charge >= 0.3 is 5.69 Å². The van der Waals surface area contributed by atoms with Crippen LogP contribution in [0.5, 0.6) is 5.75 Å². The number of fused-ring (bicyclic) bond motifs is 1. The van der Waals surface area contributed by atoms with E-state index in [1.54, 1.807) is 7.05 Å². The van der Waals surface area contributed by atoms with E-state index in [0.717, 1.165) is 4.57 Å². The molecule has 1 aromatic heterocycles. The third-order valence-corrected chi connectivity index (χ3v) is 2.78. The second-order valence-corrected chi connectivity index (χ2v) is 4.31. The van der Waals surface area contributed by atoms with Crippen molar-refractivity contribution >= 4 is 10.9 Å². The Kier molecular flexibility index (Phi) is 2.96. The summed E-state index contributed by atoms with van der Waals surface area (Å²) in [6, 6.07) is 4.25. The highest BCUT2D eigenvalue weighted by molar-refractivity contribution is 5.79. The van der Waals surface area contributed by atoms with Crippen LogP contribution in [0.2, 0.25) is 0 Å². The minimum Gasteiger partial charge on any atom is -0.508 e.